The summed E-state index contributed by atoms with van der Waals surface area (Å²) >= 11 is 0. The minimum absolute atomic E-state index is 0.133. The van der Waals surface area contributed by atoms with Crippen molar-refractivity contribution in [1.82, 2.24) is 35.4 Å². The van der Waals surface area contributed by atoms with Crippen LogP contribution in [0.3, 0.4) is 0 Å². The normalized spacial score (nSPS) is 19.3. The summed E-state index contributed by atoms with van der Waals surface area (Å²) in [5.74, 6) is -0.389. The Hall–Kier alpha value is -5.86. The number of anilines is 1. The first kappa shape index (κ1) is 39.8. The van der Waals surface area contributed by atoms with Gasteiger partial charge in [-0.15, -0.1) is 0 Å². The first-order chi connectivity index (χ1) is 26.7. The molecule has 4 heterocycles. The number of carbonyl (C=O) groups excluding carboxylic acids is 5. The highest BCUT2D eigenvalue weighted by atomic mass is 16.5. The van der Waals surface area contributed by atoms with Gasteiger partial charge in [0.25, 0.3) is 0 Å². The van der Waals surface area contributed by atoms with E-state index >= 15 is 0 Å². The van der Waals surface area contributed by atoms with E-state index in [0.29, 0.717) is 37.4 Å². The average molecular weight is 769 g/mol. The molecule has 2 aromatic carbocycles. The van der Waals surface area contributed by atoms with E-state index in [1.165, 1.54) is 14.2 Å². The number of methoxy groups -OCH3 is 2. The molecule has 6 rings (SSSR count). The Balaban J connectivity index is 1.13. The van der Waals surface area contributed by atoms with Gasteiger partial charge in [-0.2, -0.15) is 0 Å². The summed E-state index contributed by atoms with van der Waals surface area (Å²) in [7, 11) is 2.53. The van der Waals surface area contributed by atoms with Gasteiger partial charge in [0.2, 0.25) is 17.7 Å². The number of carbonyl (C=O) groups is 5. The highest BCUT2D eigenvalue weighted by Gasteiger charge is 2.46. The minimum atomic E-state index is -0.804. The Morgan fingerprint density at radius 2 is 1.43 bits per heavy atom. The van der Waals surface area contributed by atoms with Crippen LogP contribution >= 0.6 is 0 Å². The SMILES string of the molecule is COC(=O)NC(C(=O)N1CCCC1C(=O)Nc1ccc2[nH]c(-c3ccc(-c4cnc(C5(C)CCCN5C(=O)C(NC(=O)OC)C(C)C)[nH]4)cc3)cc2c1)C(C)C. The van der Waals surface area contributed by atoms with Crippen LogP contribution in [0.4, 0.5) is 15.3 Å². The van der Waals surface area contributed by atoms with E-state index in [4.69, 9.17) is 14.5 Å². The molecule has 298 valence electrons. The van der Waals surface area contributed by atoms with E-state index in [2.05, 4.69) is 25.9 Å². The average Bonchev–Trinajstić information content (AvgIpc) is 4.01. The highest BCUT2D eigenvalue weighted by molar-refractivity contribution is 6.00. The lowest BCUT2D eigenvalue weighted by Crippen LogP contribution is -2.55. The van der Waals surface area contributed by atoms with Crippen molar-refractivity contribution in [2.75, 3.05) is 32.6 Å². The Kier molecular flexibility index (Phi) is 11.7. The van der Waals surface area contributed by atoms with Crippen LogP contribution in [-0.4, -0.2) is 100 Å². The molecule has 0 radical (unpaired) electrons. The molecule has 2 fully saturated rings. The zero-order chi connectivity index (χ0) is 40.3. The van der Waals surface area contributed by atoms with Crippen molar-refractivity contribution in [3.63, 3.8) is 0 Å². The molecule has 5 N–H and O–H groups in total. The fourth-order valence-electron chi connectivity index (χ4n) is 7.77. The number of imidazole rings is 1. The minimum Gasteiger partial charge on any atom is -0.453 e. The van der Waals surface area contributed by atoms with Gasteiger partial charge in [-0.1, -0.05) is 52.0 Å². The molecule has 4 unspecified atom stereocenters. The van der Waals surface area contributed by atoms with Crippen LogP contribution in [0.1, 0.15) is 66.1 Å². The van der Waals surface area contributed by atoms with Crippen LogP contribution in [0.25, 0.3) is 33.4 Å². The first-order valence-corrected chi connectivity index (χ1v) is 19.1. The molecule has 2 saturated heterocycles. The Morgan fingerprint density at radius 1 is 0.804 bits per heavy atom. The number of nitrogens with zero attached hydrogens (tertiary/aromatic N) is 3. The fraction of sp³-hybridized carbons (Fsp3) is 0.463. The molecule has 0 spiro atoms. The first-order valence-electron chi connectivity index (χ1n) is 19.1. The largest absolute Gasteiger partial charge is 0.453 e. The molecule has 0 aliphatic carbocycles. The van der Waals surface area contributed by atoms with Gasteiger partial charge in [0.05, 0.1) is 31.6 Å². The van der Waals surface area contributed by atoms with Crippen molar-refractivity contribution >= 4 is 46.5 Å². The number of fused-ring (bicyclic) bond motifs is 1. The summed E-state index contributed by atoms with van der Waals surface area (Å²) in [6.07, 6.45) is 3.20. The van der Waals surface area contributed by atoms with Gasteiger partial charge in [0, 0.05) is 35.4 Å². The summed E-state index contributed by atoms with van der Waals surface area (Å²) in [5, 5.41) is 9.22. The molecule has 15 nitrogen and oxygen atoms in total. The zero-order valence-electron chi connectivity index (χ0n) is 33.0. The number of hydrogen-bond donors (Lipinski definition) is 5. The molecule has 4 aromatic rings. The van der Waals surface area contributed by atoms with E-state index in [1.54, 1.807) is 11.1 Å². The third-order valence-corrected chi connectivity index (χ3v) is 11.0. The van der Waals surface area contributed by atoms with E-state index in [0.717, 1.165) is 46.3 Å². The number of H-pyrrole nitrogens is 2. The molecule has 4 atom stereocenters. The standard InChI is InChI=1S/C41H52N8O7/c1-23(2)33(46-39(53)55-6)36(51)48-18-8-10-32(48)35(50)43-28-15-16-29-27(20-28)21-30(44-29)25-11-13-26(14-12-25)31-22-42-38(45-31)41(5)17-9-19-49(41)37(52)34(24(3)4)47-40(54)56-7/h11-16,20-24,32-34,44H,8-10,17-19H2,1-7H3,(H,42,45)(H,43,50)(H,46,53)(H,47,54). The van der Waals surface area contributed by atoms with Gasteiger partial charge < -0.3 is 45.2 Å². The number of nitrogens with one attached hydrogen (secondary N) is 5. The maximum atomic E-state index is 13.7. The molecular formula is C41H52N8O7. The number of benzene rings is 2. The molecule has 2 aliphatic rings. The second-order valence-corrected chi connectivity index (χ2v) is 15.5. The Morgan fingerprint density at radius 3 is 2.05 bits per heavy atom. The van der Waals surface area contributed by atoms with Gasteiger partial charge >= 0.3 is 12.2 Å². The number of aromatic amines is 2. The van der Waals surface area contributed by atoms with Crippen molar-refractivity contribution in [2.45, 2.75) is 84.0 Å². The van der Waals surface area contributed by atoms with Crippen LogP contribution in [0.15, 0.2) is 54.7 Å². The fourth-order valence-corrected chi connectivity index (χ4v) is 7.77. The predicted molar refractivity (Wildman–Crippen MR) is 211 cm³/mol. The van der Waals surface area contributed by atoms with Crippen molar-refractivity contribution in [2.24, 2.45) is 11.8 Å². The van der Waals surface area contributed by atoms with Crippen molar-refractivity contribution in [3.05, 3.63) is 60.6 Å². The monoisotopic (exact) mass is 768 g/mol. The van der Waals surface area contributed by atoms with E-state index in [-0.39, 0.29) is 29.6 Å². The highest BCUT2D eigenvalue weighted by Crippen LogP contribution is 2.39. The number of hydrogen-bond acceptors (Lipinski definition) is 8. The van der Waals surface area contributed by atoms with Crippen molar-refractivity contribution in [1.29, 1.82) is 0 Å². The number of alkyl carbamates (subject to hydrolysis) is 2. The van der Waals surface area contributed by atoms with Crippen LogP contribution < -0.4 is 16.0 Å². The quantitative estimate of drug-likeness (QED) is 0.127. The zero-order valence-corrected chi connectivity index (χ0v) is 33.0. The predicted octanol–water partition coefficient (Wildman–Crippen LogP) is 5.75. The van der Waals surface area contributed by atoms with Crippen molar-refractivity contribution < 1.29 is 33.4 Å². The summed E-state index contributed by atoms with van der Waals surface area (Å²) in [6, 6.07) is 13.5. The number of rotatable bonds is 11. The third-order valence-electron chi connectivity index (χ3n) is 11.0. The molecule has 0 saturated carbocycles. The summed E-state index contributed by atoms with van der Waals surface area (Å²) in [4.78, 5) is 79.6. The number of ether oxygens (including phenoxy) is 2. The Labute approximate surface area is 326 Å². The molecular weight excluding hydrogens is 716 g/mol. The summed E-state index contributed by atoms with van der Waals surface area (Å²) < 4.78 is 9.48. The number of aromatic nitrogens is 3. The van der Waals surface area contributed by atoms with Gasteiger partial charge in [-0.3, -0.25) is 14.4 Å². The number of likely N-dealkylation sites (tertiary alicyclic amines) is 2. The second-order valence-electron chi connectivity index (χ2n) is 15.5. The summed E-state index contributed by atoms with van der Waals surface area (Å²) in [6.45, 7) is 10.4. The maximum Gasteiger partial charge on any atom is 0.407 e. The van der Waals surface area contributed by atoms with Gasteiger partial charge in [-0.05, 0) is 79.8 Å². The van der Waals surface area contributed by atoms with Gasteiger partial charge in [0.1, 0.15) is 23.9 Å². The van der Waals surface area contributed by atoms with Gasteiger partial charge in [0.15, 0.2) is 0 Å². The maximum absolute atomic E-state index is 13.7. The molecule has 56 heavy (non-hydrogen) atoms. The molecule has 15 heteroatoms. The van der Waals surface area contributed by atoms with Crippen LogP contribution in [0.2, 0.25) is 0 Å². The molecule has 0 bridgehead atoms. The molecule has 5 amide bonds. The van der Waals surface area contributed by atoms with Crippen LogP contribution in [0.5, 0.6) is 0 Å². The van der Waals surface area contributed by atoms with Crippen LogP contribution in [0, 0.1) is 11.8 Å². The van der Waals surface area contributed by atoms with Crippen molar-refractivity contribution in [3.8, 4) is 22.5 Å². The topological polar surface area (TPSA) is 191 Å². The number of amides is 5. The lowest BCUT2D eigenvalue weighted by atomic mass is 9.95. The second kappa shape index (κ2) is 16.5. The van der Waals surface area contributed by atoms with Gasteiger partial charge in [-0.25, -0.2) is 14.6 Å². The summed E-state index contributed by atoms with van der Waals surface area (Å²) in [5.41, 5.74) is 4.46. The smallest absolute Gasteiger partial charge is 0.407 e. The molecule has 2 aromatic heterocycles. The Bertz CT molecular complexity index is 2090. The lowest BCUT2D eigenvalue weighted by Gasteiger charge is -2.37. The lowest BCUT2D eigenvalue weighted by molar-refractivity contribution is -0.139. The van der Waals surface area contributed by atoms with Crippen LogP contribution in [-0.2, 0) is 29.4 Å². The van der Waals surface area contributed by atoms with E-state index in [1.807, 2.05) is 88.0 Å². The molecule has 2 aliphatic heterocycles. The van der Waals surface area contributed by atoms with E-state index in [9.17, 15) is 24.0 Å². The van der Waals surface area contributed by atoms with E-state index < -0.39 is 35.9 Å². The third kappa shape index (κ3) is 8.07.